The zero-order valence-electron chi connectivity index (χ0n) is 11.1. The van der Waals surface area contributed by atoms with E-state index >= 15 is 0 Å². The molecule has 0 bridgehead atoms. The van der Waals surface area contributed by atoms with Crippen molar-refractivity contribution < 1.29 is 4.79 Å². The van der Waals surface area contributed by atoms with Crippen LogP contribution < -0.4 is 10.9 Å². The van der Waals surface area contributed by atoms with Gasteiger partial charge in [0.05, 0.1) is 5.69 Å². The van der Waals surface area contributed by atoms with Crippen molar-refractivity contribution in [2.75, 3.05) is 0 Å². The molecular formula is C13H15N5O2. The van der Waals surface area contributed by atoms with Gasteiger partial charge in [-0.05, 0) is 30.9 Å². The number of rotatable bonds is 2. The summed E-state index contributed by atoms with van der Waals surface area (Å²) in [5.41, 5.74) is 2.19. The van der Waals surface area contributed by atoms with E-state index in [1.165, 1.54) is 4.68 Å². The van der Waals surface area contributed by atoms with Crippen LogP contribution >= 0.6 is 0 Å². The topological polar surface area (TPSA) is 92.7 Å². The van der Waals surface area contributed by atoms with Crippen LogP contribution in [0.2, 0.25) is 0 Å². The highest BCUT2D eigenvalue weighted by Gasteiger charge is 2.22. The molecule has 2 heterocycles. The molecule has 104 valence electrons. The van der Waals surface area contributed by atoms with Crippen LogP contribution in [0, 0.1) is 0 Å². The maximum absolute atomic E-state index is 11.9. The second kappa shape index (κ2) is 4.92. The number of aromatic nitrogens is 4. The number of nitrogens with zero attached hydrogens (tertiary/aromatic N) is 3. The lowest BCUT2D eigenvalue weighted by Gasteiger charge is -2.24. The van der Waals surface area contributed by atoms with E-state index in [1.807, 2.05) is 0 Å². The first-order valence-electron chi connectivity index (χ1n) is 6.50. The van der Waals surface area contributed by atoms with Crippen molar-refractivity contribution in [2.24, 2.45) is 7.05 Å². The van der Waals surface area contributed by atoms with E-state index < -0.39 is 0 Å². The van der Waals surface area contributed by atoms with Crippen molar-refractivity contribution in [3.63, 3.8) is 0 Å². The number of nitrogens with one attached hydrogen (secondary N) is 2. The summed E-state index contributed by atoms with van der Waals surface area (Å²) in [6, 6.07) is 3.26. The Morgan fingerprint density at radius 3 is 3.15 bits per heavy atom. The summed E-state index contributed by atoms with van der Waals surface area (Å²) in [4.78, 5) is 23.5. The standard InChI is InChI=1S/C13H15N5O2/c1-18-12(19)7-8-6-9(2-3-10(8)17-18)15-13(20)11-4-5-14-16-11/h4-5,7,9H,2-3,6H2,1H3,(H,14,16)(H,15,20)/t9-/m1/s1. The lowest BCUT2D eigenvalue weighted by atomic mass is 9.92. The Kier molecular flexibility index (Phi) is 3.09. The van der Waals surface area contributed by atoms with E-state index in [2.05, 4.69) is 20.6 Å². The minimum Gasteiger partial charge on any atom is -0.348 e. The number of aryl methyl sites for hydroxylation is 2. The van der Waals surface area contributed by atoms with Crippen LogP contribution in [0.1, 0.15) is 28.2 Å². The van der Waals surface area contributed by atoms with E-state index in [0.717, 1.165) is 24.1 Å². The third kappa shape index (κ3) is 2.34. The van der Waals surface area contributed by atoms with Gasteiger partial charge in [0.1, 0.15) is 5.69 Å². The molecule has 2 aromatic rings. The van der Waals surface area contributed by atoms with Gasteiger partial charge in [0.2, 0.25) is 0 Å². The van der Waals surface area contributed by atoms with Gasteiger partial charge in [0.25, 0.3) is 11.5 Å². The molecule has 7 heteroatoms. The van der Waals surface area contributed by atoms with Gasteiger partial charge in [-0.2, -0.15) is 10.2 Å². The van der Waals surface area contributed by atoms with Crippen molar-refractivity contribution in [1.82, 2.24) is 25.3 Å². The second-order valence-corrected chi connectivity index (χ2v) is 4.96. The Balaban J connectivity index is 1.74. The van der Waals surface area contributed by atoms with E-state index in [9.17, 15) is 9.59 Å². The predicted octanol–water partition coefficient (Wildman–Crippen LogP) is -0.209. The zero-order chi connectivity index (χ0) is 14.1. The van der Waals surface area contributed by atoms with Crippen LogP contribution in [0.15, 0.2) is 23.1 Å². The van der Waals surface area contributed by atoms with Crippen LogP contribution in [-0.4, -0.2) is 31.9 Å². The molecule has 1 amide bonds. The summed E-state index contributed by atoms with van der Waals surface area (Å²) in [6.07, 6.45) is 3.76. The highest BCUT2D eigenvalue weighted by molar-refractivity contribution is 5.92. The van der Waals surface area contributed by atoms with Crippen molar-refractivity contribution in [2.45, 2.75) is 25.3 Å². The number of carbonyl (C=O) groups excluding carboxylic acids is 1. The lowest BCUT2D eigenvalue weighted by molar-refractivity contribution is 0.0928. The number of carbonyl (C=O) groups is 1. The van der Waals surface area contributed by atoms with Gasteiger partial charge >= 0.3 is 0 Å². The number of fused-ring (bicyclic) bond motifs is 1. The van der Waals surface area contributed by atoms with E-state index in [0.29, 0.717) is 12.1 Å². The first-order valence-corrected chi connectivity index (χ1v) is 6.50. The summed E-state index contributed by atoms with van der Waals surface area (Å²) >= 11 is 0. The van der Waals surface area contributed by atoms with Gasteiger partial charge in [-0.25, -0.2) is 4.68 Å². The second-order valence-electron chi connectivity index (χ2n) is 4.96. The van der Waals surface area contributed by atoms with E-state index in [-0.39, 0.29) is 17.5 Å². The molecule has 0 aliphatic heterocycles. The van der Waals surface area contributed by atoms with Crippen molar-refractivity contribution in [3.05, 3.63) is 45.6 Å². The number of amides is 1. The van der Waals surface area contributed by atoms with Gasteiger partial charge in [0, 0.05) is 25.4 Å². The van der Waals surface area contributed by atoms with Gasteiger partial charge in [-0.3, -0.25) is 14.7 Å². The molecule has 1 aliphatic rings. The smallest absolute Gasteiger partial charge is 0.269 e. The van der Waals surface area contributed by atoms with Crippen molar-refractivity contribution in [3.8, 4) is 0 Å². The molecular weight excluding hydrogens is 258 g/mol. The fourth-order valence-electron chi connectivity index (χ4n) is 2.45. The van der Waals surface area contributed by atoms with Gasteiger partial charge in [-0.1, -0.05) is 0 Å². The minimum atomic E-state index is -0.173. The van der Waals surface area contributed by atoms with Crippen LogP contribution in [0.25, 0.3) is 0 Å². The monoisotopic (exact) mass is 273 g/mol. The largest absolute Gasteiger partial charge is 0.348 e. The Bertz CT molecular complexity index is 689. The molecule has 0 saturated carbocycles. The summed E-state index contributed by atoms with van der Waals surface area (Å²) in [6.45, 7) is 0. The number of hydrogen-bond acceptors (Lipinski definition) is 4. The molecule has 3 rings (SSSR count). The summed E-state index contributed by atoms with van der Waals surface area (Å²) in [5.74, 6) is -0.173. The Morgan fingerprint density at radius 2 is 2.40 bits per heavy atom. The molecule has 0 radical (unpaired) electrons. The zero-order valence-corrected chi connectivity index (χ0v) is 11.1. The fraction of sp³-hybridized carbons (Fsp3) is 0.385. The van der Waals surface area contributed by atoms with E-state index in [4.69, 9.17) is 0 Å². The molecule has 0 fully saturated rings. The molecule has 20 heavy (non-hydrogen) atoms. The Hall–Kier alpha value is -2.44. The van der Waals surface area contributed by atoms with Gasteiger partial charge in [0.15, 0.2) is 0 Å². The SMILES string of the molecule is Cn1nc2c(cc1=O)C[C@H](NC(=O)c1ccn[nH]1)CC2. The first-order chi connectivity index (χ1) is 9.63. The van der Waals surface area contributed by atoms with Crippen molar-refractivity contribution >= 4 is 5.91 Å². The number of hydrogen-bond donors (Lipinski definition) is 2. The fourth-order valence-corrected chi connectivity index (χ4v) is 2.45. The maximum Gasteiger partial charge on any atom is 0.269 e. The molecule has 0 unspecified atom stereocenters. The lowest BCUT2D eigenvalue weighted by Crippen LogP contribution is -2.40. The summed E-state index contributed by atoms with van der Waals surface area (Å²) < 4.78 is 1.35. The van der Waals surface area contributed by atoms with Crippen molar-refractivity contribution in [1.29, 1.82) is 0 Å². The van der Waals surface area contributed by atoms with Crippen LogP contribution in [0.3, 0.4) is 0 Å². The van der Waals surface area contributed by atoms with Crippen LogP contribution in [0.5, 0.6) is 0 Å². The number of H-pyrrole nitrogens is 1. The molecule has 0 spiro atoms. The Labute approximate surface area is 115 Å². The highest BCUT2D eigenvalue weighted by atomic mass is 16.2. The Morgan fingerprint density at radius 1 is 1.55 bits per heavy atom. The van der Waals surface area contributed by atoms with Gasteiger partial charge < -0.3 is 5.32 Å². The molecule has 1 atom stereocenters. The molecule has 1 aliphatic carbocycles. The quantitative estimate of drug-likeness (QED) is 0.792. The van der Waals surface area contributed by atoms with E-state index in [1.54, 1.807) is 25.4 Å². The summed E-state index contributed by atoms with van der Waals surface area (Å²) in [5, 5.41) is 13.6. The minimum absolute atomic E-state index is 0.0206. The average Bonchev–Trinajstić information content (AvgIpc) is 2.94. The van der Waals surface area contributed by atoms with Crippen LogP contribution in [-0.2, 0) is 19.9 Å². The van der Waals surface area contributed by atoms with Gasteiger partial charge in [-0.15, -0.1) is 0 Å². The molecule has 2 aromatic heterocycles. The highest BCUT2D eigenvalue weighted by Crippen LogP contribution is 2.18. The van der Waals surface area contributed by atoms with Crippen LogP contribution in [0.4, 0.5) is 0 Å². The molecule has 2 N–H and O–H groups in total. The first kappa shape index (κ1) is 12.6. The molecule has 0 aromatic carbocycles. The normalized spacial score (nSPS) is 17.6. The predicted molar refractivity (Wildman–Crippen MR) is 71.3 cm³/mol. The molecule has 0 saturated heterocycles. The maximum atomic E-state index is 11.9. The summed E-state index contributed by atoms with van der Waals surface area (Å²) in [7, 11) is 1.65. The molecule has 7 nitrogen and oxygen atoms in total. The third-order valence-corrected chi connectivity index (χ3v) is 3.53. The average molecular weight is 273 g/mol. The third-order valence-electron chi connectivity index (χ3n) is 3.53. The number of aromatic amines is 1.